The first-order chi connectivity index (χ1) is 17.5. The first kappa shape index (κ1) is 25.0. The van der Waals surface area contributed by atoms with Crippen LogP contribution in [-0.2, 0) is 9.53 Å². The second kappa shape index (κ2) is 11.1. The van der Waals surface area contributed by atoms with E-state index >= 15 is 0 Å². The summed E-state index contributed by atoms with van der Waals surface area (Å²) in [4.78, 5) is 31.9. The number of hydrogen-bond donors (Lipinski definition) is 0. The predicted octanol–water partition coefficient (Wildman–Crippen LogP) is 3.21. The third kappa shape index (κ3) is 4.97. The summed E-state index contributed by atoms with van der Waals surface area (Å²) in [7, 11) is 0. The molecule has 4 rings (SSSR count). The molecule has 0 saturated heterocycles. The Bertz CT molecular complexity index is 1520. The fraction of sp³-hybridized carbons (Fsp3) is 0.250. The minimum Gasteiger partial charge on any atom is -0.494 e. The van der Waals surface area contributed by atoms with Gasteiger partial charge in [0.2, 0.25) is 0 Å². The van der Waals surface area contributed by atoms with Gasteiger partial charge in [-0.1, -0.05) is 47.6 Å². The lowest BCUT2D eigenvalue weighted by atomic mass is 9.95. The quantitative estimate of drug-likeness (QED) is 0.349. The number of fused-ring (bicyclic) bond motifs is 1. The number of carbonyl (C=O) groups is 1. The minimum absolute atomic E-state index is 0.184. The van der Waals surface area contributed by atoms with Gasteiger partial charge in [0, 0.05) is 5.56 Å². The molecule has 0 saturated carbocycles. The number of thiazole rings is 1. The Morgan fingerprint density at radius 2 is 1.89 bits per heavy atom. The Morgan fingerprint density at radius 3 is 2.58 bits per heavy atom. The van der Waals surface area contributed by atoms with Gasteiger partial charge >= 0.3 is 5.97 Å². The zero-order valence-corrected chi connectivity index (χ0v) is 21.1. The van der Waals surface area contributed by atoms with E-state index in [1.54, 1.807) is 36.6 Å². The van der Waals surface area contributed by atoms with Crippen molar-refractivity contribution >= 4 is 23.4 Å². The molecule has 7 nitrogen and oxygen atoms in total. The number of esters is 1. The number of nitrogens with zero attached hydrogens (tertiary/aromatic N) is 2. The normalized spacial score (nSPS) is 15.1. The van der Waals surface area contributed by atoms with Gasteiger partial charge in [-0.2, -0.15) is 0 Å². The smallest absolute Gasteiger partial charge is 0.338 e. The second-order valence-corrected chi connectivity index (χ2v) is 8.84. The Balaban J connectivity index is 1.88. The van der Waals surface area contributed by atoms with Gasteiger partial charge in [0.1, 0.15) is 24.1 Å². The molecular weight excluding hydrogens is 476 g/mol. The number of para-hydroxylation sites is 1. The zero-order chi connectivity index (χ0) is 25.7. The zero-order valence-electron chi connectivity index (χ0n) is 20.3. The van der Waals surface area contributed by atoms with Crippen LogP contribution in [0.1, 0.15) is 37.9 Å². The molecule has 0 radical (unpaired) electrons. The van der Waals surface area contributed by atoms with Gasteiger partial charge in [0.05, 0.1) is 29.0 Å². The number of allylic oxidation sites excluding steroid dienone is 1. The standard InChI is InChI=1S/C28H26N2O5S/c1-5-16-35-20-14-12-19(13-15-20)17-23-26(31)30-25(21-10-8-9-11-22(21)33-6-2)24(27(32)34-7-3)18(4)29-28(30)36-23/h1,8-15,17,25H,6-7,16H2,2-4H3/b23-17-/t25-/m1/s1. The second-order valence-electron chi connectivity index (χ2n) is 7.83. The summed E-state index contributed by atoms with van der Waals surface area (Å²) in [5.74, 6) is 3.16. The molecule has 0 aliphatic carbocycles. The molecule has 0 spiro atoms. The number of carbonyl (C=O) groups excluding carboxylic acids is 1. The number of ether oxygens (including phenoxy) is 3. The van der Waals surface area contributed by atoms with Crippen LogP contribution in [0.5, 0.6) is 11.5 Å². The molecule has 1 aliphatic rings. The van der Waals surface area contributed by atoms with E-state index in [4.69, 9.17) is 20.6 Å². The summed E-state index contributed by atoms with van der Waals surface area (Å²) < 4.78 is 18.7. The molecular formula is C28H26N2O5S. The van der Waals surface area contributed by atoms with Crippen molar-refractivity contribution in [3.63, 3.8) is 0 Å². The Hall–Kier alpha value is -4.09. The van der Waals surface area contributed by atoms with Gasteiger partial charge in [0.15, 0.2) is 4.80 Å². The lowest BCUT2D eigenvalue weighted by molar-refractivity contribution is -0.139. The molecule has 0 bridgehead atoms. The molecule has 184 valence electrons. The van der Waals surface area contributed by atoms with E-state index in [1.807, 2.05) is 43.3 Å². The number of benzene rings is 2. The van der Waals surface area contributed by atoms with Gasteiger partial charge in [-0.25, -0.2) is 9.79 Å². The summed E-state index contributed by atoms with van der Waals surface area (Å²) in [6.07, 6.45) is 7.04. The predicted molar refractivity (Wildman–Crippen MR) is 139 cm³/mol. The third-order valence-corrected chi connectivity index (χ3v) is 6.51. The van der Waals surface area contributed by atoms with Crippen molar-refractivity contribution in [3.8, 4) is 23.8 Å². The molecule has 2 heterocycles. The van der Waals surface area contributed by atoms with Crippen LogP contribution in [0, 0.1) is 12.3 Å². The van der Waals surface area contributed by atoms with E-state index < -0.39 is 12.0 Å². The molecule has 0 amide bonds. The van der Waals surface area contributed by atoms with Gasteiger partial charge in [0.25, 0.3) is 5.56 Å². The van der Waals surface area contributed by atoms with Crippen molar-refractivity contribution in [2.45, 2.75) is 26.8 Å². The summed E-state index contributed by atoms with van der Waals surface area (Å²) in [6, 6.07) is 14.0. The topological polar surface area (TPSA) is 79.1 Å². The lowest BCUT2D eigenvalue weighted by Gasteiger charge is -2.26. The van der Waals surface area contributed by atoms with Gasteiger partial charge in [-0.3, -0.25) is 9.36 Å². The van der Waals surface area contributed by atoms with Crippen LogP contribution >= 0.6 is 11.3 Å². The van der Waals surface area contributed by atoms with Gasteiger partial charge in [-0.05, 0) is 50.6 Å². The Kier molecular flexibility index (Phi) is 7.71. The Morgan fingerprint density at radius 1 is 1.14 bits per heavy atom. The molecule has 2 aromatic carbocycles. The molecule has 36 heavy (non-hydrogen) atoms. The third-order valence-electron chi connectivity index (χ3n) is 5.53. The van der Waals surface area contributed by atoms with Crippen molar-refractivity contribution in [3.05, 3.63) is 90.6 Å². The van der Waals surface area contributed by atoms with Crippen molar-refractivity contribution in [2.75, 3.05) is 19.8 Å². The van der Waals surface area contributed by atoms with E-state index in [2.05, 4.69) is 10.9 Å². The molecule has 1 atom stereocenters. The molecule has 0 unspecified atom stereocenters. The van der Waals surface area contributed by atoms with Crippen LogP contribution in [-0.4, -0.2) is 30.4 Å². The fourth-order valence-corrected chi connectivity index (χ4v) is 5.06. The maximum atomic E-state index is 13.7. The first-order valence-electron chi connectivity index (χ1n) is 11.6. The molecule has 1 aliphatic heterocycles. The van der Waals surface area contributed by atoms with E-state index in [-0.39, 0.29) is 18.8 Å². The SMILES string of the molecule is C#CCOc1ccc(/C=c2\sc3n(c2=O)[C@H](c2ccccc2OCC)C(C(=O)OCC)=C(C)N=3)cc1. The van der Waals surface area contributed by atoms with Crippen LogP contribution in [0.4, 0.5) is 0 Å². The molecule has 8 heteroatoms. The fourth-order valence-electron chi connectivity index (χ4n) is 4.02. The highest BCUT2D eigenvalue weighted by molar-refractivity contribution is 7.07. The number of terminal acetylenes is 1. The number of rotatable bonds is 8. The molecule has 3 aromatic rings. The largest absolute Gasteiger partial charge is 0.494 e. The van der Waals surface area contributed by atoms with Crippen molar-refractivity contribution in [1.82, 2.24) is 4.57 Å². The number of aromatic nitrogens is 1. The van der Waals surface area contributed by atoms with Crippen molar-refractivity contribution in [1.29, 1.82) is 0 Å². The van der Waals surface area contributed by atoms with E-state index in [9.17, 15) is 9.59 Å². The van der Waals surface area contributed by atoms with Crippen LogP contribution < -0.4 is 24.4 Å². The summed E-state index contributed by atoms with van der Waals surface area (Å²) >= 11 is 1.27. The summed E-state index contributed by atoms with van der Waals surface area (Å²) in [5, 5.41) is 0. The average Bonchev–Trinajstić information content (AvgIpc) is 3.17. The van der Waals surface area contributed by atoms with Crippen LogP contribution in [0.3, 0.4) is 0 Å². The van der Waals surface area contributed by atoms with Crippen LogP contribution in [0.25, 0.3) is 6.08 Å². The highest BCUT2D eigenvalue weighted by Gasteiger charge is 2.35. The van der Waals surface area contributed by atoms with Crippen molar-refractivity contribution < 1.29 is 19.0 Å². The van der Waals surface area contributed by atoms with Crippen LogP contribution in [0.15, 0.2) is 69.6 Å². The van der Waals surface area contributed by atoms with Crippen molar-refractivity contribution in [2.24, 2.45) is 4.99 Å². The molecule has 0 fully saturated rings. The van der Waals surface area contributed by atoms with E-state index in [0.717, 1.165) is 5.56 Å². The number of hydrogen-bond acceptors (Lipinski definition) is 7. The minimum atomic E-state index is -0.732. The maximum absolute atomic E-state index is 13.7. The maximum Gasteiger partial charge on any atom is 0.338 e. The monoisotopic (exact) mass is 502 g/mol. The summed E-state index contributed by atoms with van der Waals surface area (Å²) in [6.45, 7) is 6.23. The average molecular weight is 503 g/mol. The molecule has 1 aromatic heterocycles. The van der Waals surface area contributed by atoms with Gasteiger partial charge < -0.3 is 14.2 Å². The Labute approximate surface area is 213 Å². The molecule has 0 N–H and O–H groups in total. The van der Waals surface area contributed by atoms with E-state index in [1.165, 1.54) is 11.3 Å². The highest BCUT2D eigenvalue weighted by Crippen LogP contribution is 2.35. The lowest BCUT2D eigenvalue weighted by Crippen LogP contribution is -2.40. The first-order valence-corrected chi connectivity index (χ1v) is 12.4. The van der Waals surface area contributed by atoms with Gasteiger partial charge in [-0.15, -0.1) is 6.42 Å². The van der Waals surface area contributed by atoms with Crippen LogP contribution in [0.2, 0.25) is 0 Å². The highest BCUT2D eigenvalue weighted by atomic mass is 32.1. The summed E-state index contributed by atoms with van der Waals surface area (Å²) in [5.41, 5.74) is 2.09. The van der Waals surface area contributed by atoms with E-state index in [0.29, 0.717) is 44.3 Å².